The van der Waals surface area contributed by atoms with Gasteiger partial charge in [0.25, 0.3) is 0 Å². The minimum absolute atomic E-state index is 0.000499. The van der Waals surface area contributed by atoms with Gasteiger partial charge in [-0.1, -0.05) is 13.0 Å². The van der Waals surface area contributed by atoms with E-state index in [-0.39, 0.29) is 11.9 Å². The Bertz CT molecular complexity index is 533. The Labute approximate surface area is 111 Å². The zero-order valence-electron chi connectivity index (χ0n) is 10.7. The highest BCUT2D eigenvalue weighted by Crippen LogP contribution is 2.25. The van der Waals surface area contributed by atoms with Crippen molar-refractivity contribution in [1.29, 1.82) is 0 Å². The molecule has 0 amide bonds. The number of rotatable bonds is 4. The molecule has 1 unspecified atom stereocenters. The normalized spacial score (nSPS) is 12.7. The molecule has 0 saturated heterocycles. The third-order valence-corrected chi connectivity index (χ3v) is 4.50. The van der Waals surface area contributed by atoms with Crippen molar-refractivity contribution in [2.45, 2.75) is 32.7 Å². The highest BCUT2D eigenvalue weighted by molar-refractivity contribution is 7.12. The number of benzene rings is 1. The van der Waals surface area contributed by atoms with Gasteiger partial charge in [-0.3, -0.25) is 0 Å². The lowest BCUT2D eigenvalue weighted by molar-refractivity contribution is 0.624. The standard InChI is InChI=1S/C15H18FNS/c1-3-13-6-7-15(18-13)14(17)9-11-4-5-12(16)8-10(11)2/h4-8,14H,3,9,17H2,1-2H3. The first-order chi connectivity index (χ1) is 8.60. The number of hydrogen-bond donors (Lipinski definition) is 1. The quantitative estimate of drug-likeness (QED) is 0.886. The zero-order chi connectivity index (χ0) is 13.1. The molecule has 1 heterocycles. The molecular formula is C15H18FNS. The molecule has 1 aromatic carbocycles. The maximum atomic E-state index is 13.0. The number of halogens is 1. The number of aryl methyl sites for hydroxylation is 2. The molecular weight excluding hydrogens is 245 g/mol. The van der Waals surface area contributed by atoms with Crippen LogP contribution in [0.3, 0.4) is 0 Å². The van der Waals surface area contributed by atoms with Gasteiger partial charge < -0.3 is 5.73 Å². The van der Waals surface area contributed by atoms with Gasteiger partial charge in [0.1, 0.15) is 5.82 Å². The van der Waals surface area contributed by atoms with Crippen LogP contribution in [0.4, 0.5) is 4.39 Å². The lowest BCUT2D eigenvalue weighted by atomic mass is 10.0. The molecule has 2 N–H and O–H groups in total. The summed E-state index contributed by atoms with van der Waals surface area (Å²) < 4.78 is 13.0. The Balaban J connectivity index is 2.13. The van der Waals surface area contributed by atoms with Crippen molar-refractivity contribution in [1.82, 2.24) is 0 Å². The molecule has 1 nitrogen and oxygen atoms in total. The SMILES string of the molecule is CCc1ccc(C(N)Cc2ccc(F)cc2C)s1. The Kier molecular flexibility index (Phi) is 4.15. The first-order valence-corrected chi connectivity index (χ1v) is 7.01. The van der Waals surface area contributed by atoms with E-state index in [9.17, 15) is 4.39 Å². The van der Waals surface area contributed by atoms with E-state index in [1.54, 1.807) is 17.4 Å². The average molecular weight is 263 g/mol. The first kappa shape index (κ1) is 13.2. The smallest absolute Gasteiger partial charge is 0.123 e. The number of thiophene rings is 1. The monoisotopic (exact) mass is 263 g/mol. The fraction of sp³-hybridized carbons (Fsp3) is 0.333. The topological polar surface area (TPSA) is 26.0 Å². The van der Waals surface area contributed by atoms with Crippen LogP contribution in [0.5, 0.6) is 0 Å². The third-order valence-electron chi connectivity index (χ3n) is 3.14. The van der Waals surface area contributed by atoms with E-state index in [0.717, 1.165) is 24.0 Å². The zero-order valence-corrected chi connectivity index (χ0v) is 11.6. The van der Waals surface area contributed by atoms with Crippen LogP contribution in [-0.4, -0.2) is 0 Å². The summed E-state index contributed by atoms with van der Waals surface area (Å²) in [6, 6.07) is 9.14. The fourth-order valence-corrected chi connectivity index (χ4v) is 2.96. The molecule has 2 rings (SSSR count). The second-order valence-electron chi connectivity index (χ2n) is 4.54. The number of hydrogen-bond acceptors (Lipinski definition) is 2. The van der Waals surface area contributed by atoms with Crippen molar-refractivity contribution >= 4 is 11.3 Å². The molecule has 0 fully saturated rings. The van der Waals surface area contributed by atoms with Crippen LogP contribution in [0.1, 0.15) is 33.8 Å². The summed E-state index contributed by atoms with van der Waals surface area (Å²) in [4.78, 5) is 2.56. The van der Waals surface area contributed by atoms with E-state index in [4.69, 9.17) is 5.73 Å². The summed E-state index contributed by atoms with van der Waals surface area (Å²) >= 11 is 1.77. The predicted octanol–water partition coefficient (Wildman–Crippen LogP) is 4.00. The Hall–Kier alpha value is -1.19. The molecule has 96 valence electrons. The Morgan fingerprint density at radius 1 is 1.28 bits per heavy atom. The van der Waals surface area contributed by atoms with Gasteiger partial charge in [0.05, 0.1) is 0 Å². The van der Waals surface area contributed by atoms with E-state index in [2.05, 4.69) is 19.1 Å². The minimum atomic E-state index is -0.186. The van der Waals surface area contributed by atoms with Gasteiger partial charge >= 0.3 is 0 Å². The highest BCUT2D eigenvalue weighted by Gasteiger charge is 2.11. The summed E-state index contributed by atoms with van der Waals surface area (Å²) in [6.45, 7) is 4.07. The Morgan fingerprint density at radius 2 is 2.06 bits per heavy atom. The lowest BCUT2D eigenvalue weighted by Crippen LogP contribution is -2.12. The molecule has 0 bridgehead atoms. The Morgan fingerprint density at radius 3 is 2.67 bits per heavy atom. The van der Waals surface area contributed by atoms with Crippen LogP contribution in [0.15, 0.2) is 30.3 Å². The van der Waals surface area contributed by atoms with Crippen molar-refractivity contribution in [2.24, 2.45) is 5.73 Å². The van der Waals surface area contributed by atoms with E-state index >= 15 is 0 Å². The van der Waals surface area contributed by atoms with Crippen LogP contribution < -0.4 is 5.73 Å². The second kappa shape index (κ2) is 5.63. The van der Waals surface area contributed by atoms with Crippen LogP contribution in [-0.2, 0) is 12.8 Å². The fourth-order valence-electron chi connectivity index (χ4n) is 2.01. The molecule has 3 heteroatoms. The maximum Gasteiger partial charge on any atom is 0.123 e. The molecule has 0 saturated carbocycles. The maximum absolute atomic E-state index is 13.0. The second-order valence-corrected chi connectivity index (χ2v) is 5.74. The number of nitrogens with two attached hydrogens (primary N) is 1. The third kappa shape index (κ3) is 2.98. The largest absolute Gasteiger partial charge is 0.323 e. The van der Waals surface area contributed by atoms with Gasteiger partial charge in [0.2, 0.25) is 0 Å². The van der Waals surface area contributed by atoms with Gasteiger partial charge in [0.15, 0.2) is 0 Å². The van der Waals surface area contributed by atoms with Crippen molar-refractivity contribution < 1.29 is 4.39 Å². The van der Waals surface area contributed by atoms with Crippen molar-refractivity contribution in [2.75, 3.05) is 0 Å². The molecule has 18 heavy (non-hydrogen) atoms. The van der Waals surface area contributed by atoms with Gasteiger partial charge in [-0.05, 0) is 55.2 Å². The molecule has 1 aromatic heterocycles. The molecule has 0 aliphatic carbocycles. The van der Waals surface area contributed by atoms with E-state index in [1.165, 1.54) is 15.8 Å². The van der Waals surface area contributed by atoms with Crippen molar-refractivity contribution in [3.63, 3.8) is 0 Å². The average Bonchev–Trinajstić information content (AvgIpc) is 2.81. The van der Waals surface area contributed by atoms with E-state index < -0.39 is 0 Å². The lowest BCUT2D eigenvalue weighted by Gasteiger charge is -2.12. The minimum Gasteiger partial charge on any atom is -0.323 e. The van der Waals surface area contributed by atoms with Gasteiger partial charge in [-0.25, -0.2) is 4.39 Å². The van der Waals surface area contributed by atoms with Crippen molar-refractivity contribution in [3.05, 3.63) is 57.0 Å². The van der Waals surface area contributed by atoms with Gasteiger partial charge in [0, 0.05) is 15.8 Å². The first-order valence-electron chi connectivity index (χ1n) is 6.19. The van der Waals surface area contributed by atoms with Crippen LogP contribution in [0.25, 0.3) is 0 Å². The summed E-state index contributed by atoms with van der Waals surface area (Å²) in [5, 5.41) is 0. The van der Waals surface area contributed by atoms with Crippen LogP contribution in [0, 0.1) is 12.7 Å². The highest BCUT2D eigenvalue weighted by atomic mass is 32.1. The summed E-state index contributed by atoms with van der Waals surface area (Å²) in [5.74, 6) is -0.186. The van der Waals surface area contributed by atoms with Crippen LogP contribution >= 0.6 is 11.3 Å². The molecule has 1 atom stereocenters. The molecule has 0 radical (unpaired) electrons. The van der Waals surface area contributed by atoms with E-state index in [1.807, 2.05) is 13.0 Å². The van der Waals surface area contributed by atoms with E-state index in [0.29, 0.717) is 0 Å². The molecule has 0 aliphatic heterocycles. The van der Waals surface area contributed by atoms with Gasteiger partial charge in [-0.2, -0.15) is 0 Å². The predicted molar refractivity (Wildman–Crippen MR) is 75.5 cm³/mol. The molecule has 0 aliphatic rings. The summed E-state index contributed by atoms with van der Waals surface area (Å²) in [6.07, 6.45) is 1.81. The van der Waals surface area contributed by atoms with Gasteiger partial charge in [-0.15, -0.1) is 11.3 Å². The molecule has 2 aromatic rings. The molecule has 0 spiro atoms. The van der Waals surface area contributed by atoms with Crippen molar-refractivity contribution in [3.8, 4) is 0 Å². The summed E-state index contributed by atoms with van der Waals surface area (Å²) in [7, 11) is 0. The summed E-state index contributed by atoms with van der Waals surface area (Å²) in [5.41, 5.74) is 8.31. The van der Waals surface area contributed by atoms with Crippen LogP contribution in [0.2, 0.25) is 0 Å².